The maximum absolute atomic E-state index is 12.6. The zero-order valence-electron chi connectivity index (χ0n) is 16.6. The number of thiazole rings is 1. The van der Waals surface area contributed by atoms with Crippen LogP contribution in [0.5, 0.6) is 0 Å². The number of hydrogen-bond acceptors (Lipinski definition) is 5. The normalized spacial score (nSPS) is 18.5. The largest absolute Gasteiger partial charge is 0.302 e. The van der Waals surface area contributed by atoms with Crippen LogP contribution in [0.15, 0.2) is 0 Å². The van der Waals surface area contributed by atoms with Gasteiger partial charge in [-0.1, -0.05) is 27.7 Å². The van der Waals surface area contributed by atoms with E-state index in [9.17, 15) is 4.79 Å². The molecule has 0 bridgehead atoms. The van der Waals surface area contributed by atoms with Gasteiger partial charge in [0.2, 0.25) is 5.91 Å². The number of carbonyl (C=O) groups excluding carboxylic acids is 1. The molecule has 0 radical (unpaired) electrons. The number of anilines is 1. The quantitative estimate of drug-likeness (QED) is 0.883. The summed E-state index contributed by atoms with van der Waals surface area (Å²) in [6, 6.07) is 0. The first-order chi connectivity index (χ1) is 12.1. The first-order valence-corrected chi connectivity index (χ1v) is 10.1. The van der Waals surface area contributed by atoms with Gasteiger partial charge in [-0.05, 0) is 44.4 Å². The van der Waals surface area contributed by atoms with E-state index in [0.717, 1.165) is 29.6 Å². The lowest BCUT2D eigenvalue weighted by atomic mass is 9.73. The van der Waals surface area contributed by atoms with Gasteiger partial charge >= 0.3 is 0 Å². The van der Waals surface area contributed by atoms with Crippen LogP contribution in [0.2, 0.25) is 0 Å². The van der Waals surface area contributed by atoms with Crippen LogP contribution in [0.3, 0.4) is 0 Å². The lowest BCUT2D eigenvalue weighted by molar-refractivity contribution is -0.119. The maximum atomic E-state index is 12.6. The average Bonchev–Trinajstić information content (AvgIpc) is 3.07. The van der Waals surface area contributed by atoms with Gasteiger partial charge in [0.1, 0.15) is 11.6 Å². The summed E-state index contributed by atoms with van der Waals surface area (Å²) in [7, 11) is 0. The number of aromatic nitrogens is 4. The highest BCUT2D eigenvalue weighted by Crippen LogP contribution is 2.40. The van der Waals surface area contributed by atoms with Crippen molar-refractivity contribution in [2.24, 2.45) is 17.3 Å². The molecule has 0 spiro atoms. The summed E-state index contributed by atoms with van der Waals surface area (Å²) < 4.78 is 1.79. The predicted octanol–water partition coefficient (Wildman–Crippen LogP) is 3.78. The summed E-state index contributed by atoms with van der Waals surface area (Å²) in [4.78, 5) is 22.9. The second kappa shape index (κ2) is 7.10. The first kappa shape index (κ1) is 19.0. The number of rotatable bonds is 4. The van der Waals surface area contributed by atoms with Gasteiger partial charge in [-0.2, -0.15) is 5.10 Å². The van der Waals surface area contributed by atoms with E-state index in [1.165, 1.54) is 17.0 Å². The van der Waals surface area contributed by atoms with E-state index in [0.29, 0.717) is 17.9 Å². The fourth-order valence-electron chi connectivity index (χ4n) is 3.47. The fraction of sp³-hybridized carbons (Fsp3) is 0.684. The Morgan fingerprint density at radius 3 is 2.69 bits per heavy atom. The molecule has 2 aromatic heterocycles. The molecule has 7 heteroatoms. The third kappa shape index (κ3) is 4.14. The summed E-state index contributed by atoms with van der Waals surface area (Å²) in [6.07, 6.45) is 3.25. The van der Waals surface area contributed by atoms with Crippen LogP contribution in [-0.4, -0.2) is 25.7 Å². The Hall–Kier alpha value is -1.76. The van der Waals surface area contributed by atoms with Crippen molar-refractivity contribution in [1.29, 1.82) is 0 Å². The smallest absolute Gasteiger partial charge is 0.230 e. The minimum atomic E-state index is -0.196. The van der Waals surface area contributed by atoms with E-state index >= 15 is 0 Å². The Balaban J connectivity index is 1.63. The van der Waals surface area contributed by atoms with E-state index in [1.54, 1.807) is 16.0 Å². The van der Waals surface area contributed by atoms with Crippen LogP contribution < -0.4 is 5.32 Å². The summed E-state index contributed by atoms with van der Waals surface area (Å²) in [5.41, 5.74) is 1.48. The van der Waals surface area contributed by atoms with Crippen molar-refractivity contribution in [3.8, 4) is 0 Å². The molecule has 2 aromatic rings. The average molecular weight is 376 g/mol. The molecule has 0 aromatic carbocycles. The summed E-state index contributed by atoms with van der Waals surface area (Å²) in [5, 5.41) is 8.07. The Bertz CT molecular complexity index is 801. The van der Waals surface area contributed by atoms with Crippen LogP contribution in [-0.2, 0) is 24.2 Å². The van der Waals surface area contributed by atoms with Crippen molar-refractivity contribution in [3.63, 3.8) is 0 Å². The van der Waals surface area contributed by atoms with Crippen molar-refractivity contribution in [2.45, 2.75) is 67.3 Å². The molecular weight excluding hydrogens is 346 g/mol. The third-order valence-electron chi connectivity index (χ3n) is 5.25. The van der Waals surface area contributed by atoms with E-state index in [2.05, 4.69) is 41.2 Å². The van der Waals surface area contributed by atoms with Crippen molar-refractivity contribution in [1.82, 2.24) is 19.7 Å². The molecular formula is C19H29N5OS. The molecule has 142 valence electrons. The van der Waals surface area contributed by atoms with Gasteiger partial charge in [0, 0.05) is 4.88 Å². The zero-order chi connectivity index (χ0) is 19.1. The van der Waals surface area contributed by atoms with Gasteiger partial charge in [0.05, 0.1) is 18.2 Å². The molecule has 1 N–H and O–H groups in total. The summed E-state index contributed by atoms with van der Waals surface area (Å²) >= 11 is 1.64. The topological polar surface area (TPSA) is 72.7 Å². The summed E-state index contributed by atoms with van der Waals surface area (Å²) in [6.45, 7) is 13.1. The van der Waals surface area contributed by atoms with Gasteiger partial charge in [0.15, 0.2) is 5.13 Å². The van der Waals surface area contributed by atoms with E-state index in [1.807, 2.05) is 20.8 Å². The molecule has 1 aliphatic carbocycles. The SMILES string of the molecule is Cc1nc(C)n(C[C@@H](C)C(=O)Nc2nc3c(s2)C[C@@H](C(C)(C)C)CC3)n1. The number of hydrogen-bond donors (Lipinski definition) is 1. The van der Waals surface area contributed by atoms with Crippen LogP contribution in [0.1, 0.15) is 56.3 Å². The van der Waals surface area contributed by atoms with Crippen LogP contribution >= 0.6 is 11.3 Å². The molecule has 1 aliphatic rings. The van der Waals surface area contributed by atoms with Gasteiger partial charge in [-0.3, -0.25) is 4.79 Å². The fourth-order valence-corrected chi connectivity index (χ4v) is 4.56. The molecule has 6 nitrogen and oxygen atoms in total. The number of nitrogens with zero attached hydrogens (tertiary/aromatic N) is 4. The van der Waals surface area contributed by atoms with E-state index in [4.69, 9.17) is 0 Å². The number of carbonyl (C=O) groups is 1. The van der Waals surface area contributed by atoms with E-state index < -0.39 is 0 Å². The monoisotopic (exact) mass is 375 g/mol. The van der Waals surface area contributed by atoms with Crippen LogP contribution in [0, 0.1) is 31.1 Å². The maximum Gasteiger partial charge on any atom is 0.230 e. The lowest BCUT2D eigenvalue weighted by Gasteiger charge is -2.33. The lowest BCUT2D eigenvalue weighted by Crippen LogP contribution is -2.26. The number of aryl methyl sites for hydroxylation is 3. The standard InChI is InChI=1S/C19H29N5OS/c1-11(10-24-13(3)20-12(2)23-24)17(25)22-18-21-15-8-7-14(19(4,5)6)9-16(15)26-18/h11,14H,7-10H2,1-6H3,(H,21,22,25)/t11-,14+/m1/s1. The number of nitrogens with one attached hydrogen (secondary N) is 1. The van der Waals surface area contributed by atoms with Crippen LogP contribution in [0.4, 0.5) is 5.13 Å². The molecule has 26 heavy (non-hydrogen) atoms. The second-order valence-electron chi connectivity index (χ2n) is 8.47. The number of fused-ring (bicyclic) bond motifs is 1. The van der Waals surface area contributed by atoms with Gasteiger partial charge in [-0.15, -0.1) is 11.3 Å². The summed E-state index contributed by atoms with van der Waals surface area (Å²) in [5.74, 6) is 2.03. The zero-order valence-corrected chi connectivity index (χ0v) is 17.4. The van der Waals surface area contributed by atoms with Crippen molar-refractivity contribution >= 4 is 22.4 Å². The highest BCUT2D eigenvalue weighted by molar-refractivity contribution is 7.15. The minimum Gasteiger partial charge on any atom is -0.302 e. The van der Waals surface area contributed by atoms with Crippen molar-refractivity contribution in [2.75, 3.05) is 5.32 Å². The second-order valence-corrected chi connectivity index (χ2v) is 9.56. The van der Waals surface area contributed by atoms with Crippen molar-refractivity contribution in [3.05, 3.63) is 22.2 Å². The highest BCUT2D eigenvalue weighted by Gasteiger charge is 2.31. The molecule has 0 aliphatic heterocycles. The van der Waals surface area contributed by atoms with Crippen LogP contribution in [0.25, 0.3) is 0 Å². The Morgan fingerprint density at radius 2 is 2.08 bits per heavy atom. The molecule has 2 heterocycles. The first-order valence-electron chi connectivity index (χ1n) is 9.31. The molecule has 2 atom stereocenters. The number of amides is 1. The molecule has 0 saturated carbocycles. The Morgan fingerprint density at radius 1 is 1.35 bits per heavy atom. The highest BCUT2D eigenvalue weighted by atomic mass is 32.1. The predicted molar refractivity (Wildman–Crippen MR) is 104 cm³/mol. The van der Waals surface area contributed by atoms with Crippen molar-refractivity contribution < 1.29 is 4.79 Å². The third-order valence-corrected chi connectivity index (χ3v) is 6.29. The Kier molecular flexibility index (Phi) is 5.19. The molecule has 3 rings (SSSR count). The molecule has 0 fully saturated rings. The molecule has 1 amide bonds. The molecule has 0 saturated heterocycles. The van der Waals surface area contributed by atoms with E-state index in [-0.39, 0.29) is 11.8 Å². The Labute approximate surface area is 159 Å². The van der Waals surface area contributed by atoms with Gasteiger partial charge in [0.25, 0.3) is 0 Å². The minimum absolute atomic E-state index is 0.0176. The molecule has 0 unspecified atom stereocenters. The van der Waals surface area contributed by atoms with Gasteiger partial charge < -0.3 is 5.32 Å². The van der Waals surface area contributed by atoms with Gasteiger partial charge in [-0.25, -0.2) is 14.6 Å².